The van der Waals surface area contributed by atoms with Gasteiger partial charge in [0.15, 0.2) is 0 Å². The fourth-order valence-corrected chi connectivity index (χ4v) is 0.253. The summed E-state index contributed by atoms with van der Waals surface area (Å²) in [7, 11) is 3.90. The Morgan fingerprint density at radius 2 is 1.90 bits per heavy atom. The normalized spacial score (nSPS) is 10.6. The lowest BCUT2D eigenvalue weighted by Crippen LogP contribution is -2.15. The van der Waals surface area contributed by atoms with Gasteiger partial charge in [0.1, 0.15) is 0 Å². The summed E-state index contributed by atoms with van der Waals surface area (Å²) in [5, 5.41) is 0. The molecule has 0 unspecified atom stereocenters. The third kappa shape index (κ3) is 15.7. The molecule has 0 amide bonds. The van der Waals surface area contributed by atoms with Gasteiger partial charge in [-0.05, 0) is 21.0 Å². The van der Waals surface area contributed by atoms with E-state index in [0.29, 0.717) is 12.5 Å². The van der Waals surface area contributed by atoms with E-state index >= 15 is 0 Å². The predicted molar refractivity (Wildman–Crippen MR) is 47.1 cm³/mol. The van der Waals surface area contributed by atoms with Crippen LogP contribution in [-0.4, -0.2) is 31.5 Å². The summed E-state index contributed by atoms with van der Waals surface area (Å²) >= 11 is 0. The van der Waals surface area contributed by atoms with Crippen molar-refractivity contribution in [2.24, 2.45) is 10.7 Å². The Hall–Kier alpha value is -0.830. The summed E-state index contributed by atoms with van der Waals surface area (Å²) in [5.41, 5.74) is 5.26. The van der Waals surface area contributed by atoms with E-state index in [2.05, 4.69) is 18.2 Å². The van der Waals surface area contributed by atoms with Crippen LogP contribution in [0.3, 0.4) is 0 Å². The molecule has 0 aromatic carbocycles. The number of hydrogen-bond donors (Lipinski definition) is 1. The highest BCUT2D eigenvalue weighted by Gasteiger charge is 1.82. The first kappa shape index (κ1) is 11.9. The van der Waals surface area contributed by atoms with Crippen molar-refractivity contribution in [2.45, 2.75) is 6.92 Å². The summed E-state index contributed by atoms with van der Waals surface area (Å²) in [6, 6.07) is 0. The zero-order valence-corrected chi connectivity index (χ0v) is 7.09. The van der Waals surface area contributed by atoms with E-state index in [1.54, 1.807) is 6.92 Å². The van der Waals surface area contributed by atoms with Crippen LogP contribution in [0.1, 0.15) is 6.92 Å². The first-order chi connectivity index (χ1) is 4.63. The summed E-state index contributed by atoms with van der Waals surface area (Å²) in [5.74, 6) is 0.638. The minimum atomic E-state index is 0.638. The van der Waals surface area contributed by atoms with Gasteiger partial charge in [0.25, 0.3) is 0 Å². The molecule has 3 heteroatoms. The van der Waals surface area contributed by atoms with Crippen molar-refractivity contribution < 1.29 is 0 Å². The lowest BCUT2D eigenvalue weighted by Gasteiger charge is -2.03. The van der Waals surface area contributed by atoms with Crippen molar-refractivity contribution in [3.8, 4) is 0 Å². The zero-order valence-electron chi connectivity index (χ0n) is 7.09. The molecule has 0 spiro atoms. The van der Waals surface area contributed by atoms with Crippen LogP contribution in [0, 0.1) is 0 Å². The van der Waals surface area contributed by atoms with Crippen molar-refractivity contribution in [2.75, 3.05) is 20.8 Å². The lowest BCUT2D eigenvalue weighted by atomic mass is 10.7. The summed E-state index contributed by atoms with van der Waals surface area (Å²) in [4.78, 5) is 5.90. The molecule has 2 N–H and O–H groups in total. The number of hydrogen-bond acceptors (Lipinski definition) is 2. The Balaban J connectivity index is 0. The fraction of sp³-hybridized carbons (Fsp3) is 0.571. The molecule has 0 aliphatic rings. The molecule has 0 aliphatic heterocycles. The highest BCUT2D eigenvalue weighted by molar-refractivity contribution is 5.77. The van der Waals surface area contributed by atoms with E-state index in [4.69, 9.17) is 5.73 Å². The zero-order chi connectivity index (χ0) is 8.57. The van der Waals surface area contributed by atoms with E-state index in [9.17, 15) is 0 Å². The molecule has 0 saturated heterocycles. The van der Waals surface area contributed by atoms with Crippen LogP contribution < -0.4 is 5.73 Å². The molecular weight excluding hydrogens is 126 g/mol. The predicted octanol–water partition coefficient (Wildman–Crippen LogP) is 0.685. The Morgan fingerprint density at radius 1 is 1.50 bits per heavy atom. The molecular formula is C7H17N3. The van der Waals surface area contributed by atoms with Crippen LogP contribution in [0.2, 0.25) is 0 Å². The fourth-order valence-electron chi connectivity index (χ4n) is 0.253. The monoisotopic (exact) mass is 143 g/mol. The highest BCUT2D eigenvalue weighted by atomic mass is 15.1. The first-order valence-electron chi connectivity index (χ1n) is 3.04. The molecule has 0 rings (SSSR count). The summed E-state index contributed by atoms with van der Waals surface area (Å²) in [6.07, 6.45) is 0. The van der Waals surface area contributed by atoms with Crippen LogP contribution in [-0.2, 0) is 0 Å². The average molecular weight is 143 g/mol. The van der Waals surface area contributed by atoms with Gasteiger partial charge in [-0.2, -0.15) is 0 Å². The quantitative estimate of drug-likeness (QED) is 0.351. The van der Waals surface area contributed by atoms with Gasteiger partial charge in [-0.3, -0.25) is 9.89 Å². The molecule has 0 bridgehead atoms. The van der Waals surface area contributed by atoms with Gasteiger partial charge in [-0.25, -0.2) is 0 Å². The van der Waals surface area contributed by atoms with E-state index < -0.39 is 0 Å². The molecule has 3 nitrogen and oxygen atoms in total. The number of aliphatic imine (C=N–C) groups is 1. The maximum atomic E-state index is 5.26. The molecule has 0 radical (unpaired) electrons. The first-order valence-corrected chi connectivity index (χ1v) is 3.04. The lowest BCUT2D eigenvalue weighted by molar-refractivity contribution is 0.424. The minimum Gasteiger partial charge on any atom is -0.388 e. The largest absolute Gasteiger partial charge is 0.388 e. The molecule has 0 fully saturated rings. The van der Waals surface area contributed by atoms with E-state index in [0.717, 1.165) is 0 Å². The molecule has 0 heterocycles. The van der Waals surface area contributed by atoms with E-state index in [1.807, 2.05) is 19.0 Å². The van der Waals surface area contributed by atoms with Crippen molar-refractivity contribution in [3.05, 3.63) is 13.2 Å². The minimum absolute atomic E-state index is 0.638. The average Bonchev–Trinajstić information content (AvgIpc) is 1.89. The number of rotatable bonds is 2. The van der Waals surface area contributed by atoms with Gasteiger partial charge in [-0.1, -0.05) is 0 Å². The van der Waals surface area contributed by atoms with Gasteiger partial charge >= 0.3 is 0 Å². The van der Waals surface area contributed by atoms with Gasteiger partial charge in [0.2, 0.25) is 0 Å². The smallest absolute Gasteiger partial charge is 0.0924 e. The van der Waals surface area contributed by atoms with Crippen LogP contribution in [0.4, 0.5) is 0 Å². The molecule has 0 aromatic heterocycles. The van der Waals surface area contributed by atoms with Crippen molar-refractivity contribution in [1.82, 2.24) is 4.90 Å². The molecule has 0 aliphatic carbocycles. The molecule has 0 saturated carbocycles. The van der Waals surface area contributed by atoms with Gasteiger partial charge in [0, 0.05) is 0 Å². The maximum absolute atomic E-state index is 5.26. The second-order valence-electron chi connectivity index (χ2n) is 2.02. The Bertz CT molecular complexity index is 93.0. The van der Waals surface area contributed by atoms with Gasteiger partial charge < -0.3 is 5.73 Å². The SMILES string of the molecule is C=C.CC(N)=NCN(C)C. The third-order valence-corrected chi connectivity index (χ3v) is 0.603. The van der Waals surface area contributed by atoms with E-state index in [1.165, 1.54) is 0 Å². The molecule has 60 valence electrons. The van der Waals surface area contributed by atoms with Crippen molar-refractivity contribution in [1.29, 1.82) is 0 Å². The topological polar surface area (TPSA) is 41.6 Å². The van der Waals surface area contributed by atoms with E-state index in [-0.39, 0.29) is 0 Å². The maximum Gasteiger partial charge on any atom is 0.0924 e. The third-order valence-electron chi connectivity index (χ3n) is 0.603. The van der Waals surface area contributed by atoms with Crippen molar-refractivity contribution in [3.63, 3.8) is 0 Å². The van der Waals surface area contributed by atoms with Crippen LogP contribution in [0.15, 0.2) is 18.2 Å². The van der Waals surface area contributed by atoms with Crippen LogP contribution in [0.5, 0.6) is 0 Å². The number of nitrogens with zero attached hydrogens (tertiary/aromatic N) is 2. The molecule has 10 heavy (non-hydrogen) atoms. The second-order valence-corrected chi connectivity index (χ2v) is 2.02. The summed E-state index contributed by atoms with van der Waals surface area (Å²) < 4.78 is 0. The van der Waals surface area contributed by atoms with Crippen molar-refractivity contribution >= 4 is 5.84 Å². The standard InChI is InChI=1S/C5H13N3.C2H4/c1-5(6)7-4-8(2)3;1-2/h4H2,1-3H3,(H2,6,7);1-2H2. The van der Waals surface area contributed by atoms with Crippen LogP contribution >= 0.6 is 0 Å². The number of amidine groups is 1. The summed E-state index contributed by atoms with van der Waals surface area (Å²) in [6.45, 7) is 8.46. The molecule has 0 atom stereocenters. The van der Waals surface area contributed by atoms with Crippen LogP contribution in [0.25, 0.3) is 0 Å². The number of nitrogens with two attached hydrogens (primary N) is 1. The Labute approximate surface area is 63.2 Å². The Kier molecular flexibility index (Phi) is 9.73. The Morgan fingerprint density at radius 3 is 2.00 bits per heavy atom. The highest BCUT2D eigenvalue weighted by Crippen LogP contribution is 1.73. The van der Waals surface area contributed by atoms with Gasteiger partial charge in [0.05, 0.1) is 12.5 Å². The van der Waals surface area contributed by atoms with Gasteiger partial charge in [-0.15, -0.1) is 13.2 Å². The second kappa shape index (κ2) is 8.17. The molecule has 0 aromatic rings.